The van der Waals surface area contributed by atoms with Gasteiger partial charge in [-0.2, -0.15) is 0 Å². The van der Waals surface area contributed by atoms with Gasteiger partial charge in [-0.05, 0) is 25.7 Å². The third-order valence-electron chi connectivity index (χ3n) is 2.83. The number of ether oxygens (including phenoxy) is 1. The highest BCUT2D eigenvalue weighted by Gasteiger charge is 2.27. The molecule has 1 fully saturated rings. The second kappa shape index (κ2) is 5.73. The van der Waals surface area contributed by atoms with Gasteiger partial charge in [-0.3, -0.25) is 4.79 Å². The van der Waals surface area contributed by atoms with Crippen molar-refractivity contribution in [3.05, 3.63) is 0 Å². The lowest BCUT2D eigenvalue weighted by atomic mass is 9.96. The van der Waals surface area contributed by atoms with Crippen LogP contribution < -0.4 is 0 Å². The first kappa shape index (κ1) is 12.0. The normalized spacial score (nSPS) is 21.2. The van der Waals surface area contributed by atoms with Crippen LogP contribution in [0.2, 0.25) is 0 Å². The van der Waals surface area contributed by atoms with E-state index in [0.717, 1.165) is 19.3 Å². The highest BCUT2D eigenvalue weighted by atomic mass is 16.5. The minimum atomic E-state index is -0.714. The zero-order valence-electron chi connectivity index (χ0n) is 9.49. The van der Waals surface area contributed by atoms with Crippen LogP contribution in [0.25, 0.3) is 0 Å². The maximum Gasteiger partial charge on any atom is 0.397 e. The molecule has 1 unspecified atom stereocenters. The van der Waals surface area contributed by atoms with Crippen molar-refractivity contribution in [2.75, 3.05) is 19.7 Å². The van der Waals surface area contributed by atoms with E-state index in [1.54, 1.807) is 11.8 Å². The van der Waals surface area contributed by atoms with E-state index in [1.165, 1.54) is 0 Å². The van der Waals surface area contributed by atoms with E-state index >= 15 is 0 Å². The molecule has 1 amide bonds. The van der Waals surface area contributed by atoms with Crippen molar-refractivity contribution in [3.63, 3.8) is 0 Å². The zero-order valence-corrected chi connectivity index (χ0v) is 9.49. The van der Waals surface area contributed by atoms with Crippen molar-refractivity contribution in [2.24, 2.45) is 5.92 Å². The topological polar surface area (TPSA) is 46.6 Å². The highest BCUT2D eigenvalue weighted by molar-refractivity contribution is 6.32. The number of carbonyl (C=O) groups is 2. The van der Waals surface area contributed by atoms with E-state index in [-0.39, 0.29) is 6.61 Å². The molecule has 0 bridgehead atoms. The molecule has 0 N–H and O–H groups in total. The Bertz CT molecular complexity index is 240. The Balaban J connectivity index is 2.48. The van der Waals surface area contributed by atoms with Crippen LogP contribution in [-0.2, 0) is 14.3 Å². The van der Waals surface area contributed by atoms with E-state index in [2.05, 4.69) is 6.92 Å². The molecule has 1 heterocycles. The van der Waals surface area contributed by atoms with Gasteiger partial charge in [0, 0.05) is 13.1 Å². The second-order valence-corrected chi connectivity index (χ2v) is 3.89. The summed E-state index contributed by atoms with van der Waals surface area (Å²) in [7, 11) is 0. The van der Waals surface area contributed by atoms with Crippen LogP contribution in [-0.4, -0.2) is 36.5 Å². The number of hydrogen-bond acceptors (Lipinski definition) is 3. The summed E-state index contributed by atoms with van der Waals surface area (Å²) in [6.45, 7) is 5.47. The largest absolute Gasteiger partial charge is 0.459 e. The van der Waals surface area contributed by atoms with Gasteiger partial charge in [0.15, 0.2) is 0 Å². The third-order valence-corrected chi connectivity index (χ3v) is 2.83. The number of carbonyl (C=O) groups excluding carboxylic acids is 2. The molecular formula is C11H19NO3. The fraction of sp³-hybridized carbons (Fsp3) is 0.818. The first-order valence-electron chi connectivity index (χ1n) is 5.65. The molecule has 0 radical (unpaired) electrons. The Morgan fingerprint density at radius 2 is 2.13 bits per heavy atom. The van der Waals surface area contributed by atoms with Gasteiger partial charge < -0.3 is 9.64 Å². The molecular weight excluding hydrogens is 194 g/mol. The van der Waals surface area contributed by atoms with E-state index in [0.29, 0.717) is 19.0 Å². The van der Waals surface area contributed by atoms with Crippen molar-refractivity contribution in [2.45, 2.75) is 33.1 Å². The Hall–Kier alpha value is -1.06. The number of piperidine rings is 1. The van der Waals surface area contributed by atoms with Gasteiger partial charge in [-0.25, -0.2) is 4.79 Å². The number of rotatable bonds is 2. The van der Waals surface area contributed by atoms with Crippen LogP contribution in [0.3, 0.4) is 0 Å². The molecule has 0 aromatic rings. The first-order chi connectivity index (χ1) is 7.19. The molecule has 4 nitrogen and oxygen atoms in total. The Labute approximate surface area is 90.6 Å². The van der Waals surface area contributed by atoms with Crippen LogP contribution in [0.15, 0.2) is 0 Å². The van der Waals surface area contributed by atoms with Gasteiger partial charge in [0.1, 0.15) is 0 Å². The fourth-order valence-corrected chi connectivity index (χ4v) is 1.90. The van der Waals surface area contributed by atoms with E-state index in [4.69, 9.17) is 4.74 Å². The molecule has 15 heavy (non-hydrogen) atoms. The molecule has 0 spiro atoms. The summed E-state index contributed by atoms with van der Waals surface area (Å²) in [6, 6.07) is 0. The monoisotopic (exact) mass is 213 g/mol. The molecule has 1 aliphatic rings. The predicted molar refractivity (Wildman–Crippen MR) is 56.2 cm³/mol. The van der Waals surface area contributed by atoms with Gasteiger partial charge >= 0.3 is 11.9 Å². The average molecular weight is 213 g/mol. The maximum absolute atomic E-state index is 11.6. The maximum atomic E-state index is 11.6. The number of nitrogens with zero attached hydrogens (tertiary/aromatic N) is 1. The third kappa shape index (κ3) is 3.22. The predicted octanol–water partition coefficient (Wildman–Crippen LogP) is 1.20. The quantitative estimate of drug-likeness (QED) is 0.511. The minimum Gasteiger partial charge on any atom is -0.459 e. The minimum absolute atomic E-state index is 0.260. The first-order valence-corrected chi connectivity index (χ1v) is 5.65. The van der Waals surface area contributed by atoms with Crippen LogP contribution >= 0.6 is 0 Å². The summed E-state index contributed by atoms with van der Waals surface area (Å²) in [5.41, 5.74) is 0. The van der Waals surface area contributed by atoms with Crippen LogP contribution in [0.4, 0.5) is 0 Å². The Morgan fingerprint density at radius 1 is 1.40 bits per heavy atom. The molecule has 0 aromatic carbocycles. The summed E-state index contributed by atoms with van der Waals surface area (Å²) in [5.74, 6) is -0.652. The number of amides is 1. The van der Waals surface area contributed by atoms with Crippen molar-refractivity contribution in [3.8, 4) is 0 Å². The molecule has 86 valence electrons. The van der Waals surface area contributed by atoms with E-state index in [1.807, 2.05) is 0 Å². The summed E-state index contributed by atoms with van der Waals surface area (Å²) >= 11 is 0. The molecule has 1 saturated heterocycles. The summed E-state index contributed by atoms with van der Waals surface area (Å²) in [5, 5.41) is 0. The highest BCUT2D eigenvalue weighted by Crippen LogP contribution is 2.19. The molecule has 0 aromatic heterocycles. The lowest BCUT2D eigenvalue weighted by Crippen LogP contribution is -2.43. The number of esters is 1. The second-order valence-electron chi connectivity index (χ2n) is 3.89. The molecule has 1 aliphatic heterocycles. The number of likely N-dealkylation sites (tertiary alicyclic amines) is 1. The number of hydrogen-bond donors (Lipinski definition) is 0. The Kier molecular flexibility index (Phi) is 4.59. The standard InChI is InChI=1S/C11H19NO3/c1-3-9-6-5-7-12(8-9)10(13)11(14)15-4-2/h9H,3-8H2,1-2H3. The van der Waals surface area contributed by atoms with Crippen molar-refractivity contribution >= 4 is 11.9 Å². The van der Waals surface area contributed by atoms with Gasteiger partial charge in [0.2, 0.25) is 0 Å². The van der Waals surface area contributed by atoms with Gasteiger partial charge in [-0.15, -0.1) is 0 Å². The molecule has 0 aliphatic carbocycles. The van der Waals surface area contributed by atoms with E-state index < -0.39 is 11.9 Å². The molecule has 0 saturated carbocycles. The lowest BCUT2D eigenvalue weighted by Gasteiger charge is -2.31. The van der Waals surface area contributed by atoms with Crippen LogP contribution in [0, 0.1) is 5.92 Å². The van der Waals surface area contributed by atoms with Gasteiger partial charge in [0.25, 0.3) is 0 Å². The van der Waals surface area contributed by atoms with Crippen LogP contribution in [0.5, 0.6) is 0 Å². The van der Waals surface area contributed by atoms with Gasteiger partial charge in [0.05, 0.1) is 6.61 Å². The van der Waals surface area contributed by atoms with Crippen molar-refractivity contribution in [1.82, 2.24) is 4.90 Å². The molecule has 4 heteroatoms. The zero-order chi connectivity index (χ0) is 11.3. The summed E-state index contributed by atoms with van der Waals surface area (Å²) < 4.78 is 4.70. The van der Waals surface area contributed by atoms with Crippen LogP contribution in [0.1, 0.15) is 33.1 Å². The van der Waals surface area contributed by atoms with E-state index in [9.17, 15) is 9.59 Å². The van der Waals surface area contributed by atoms with Gasteiger partial charge in [-0.1, -0.05) is 13.3 Å². The van der Waals surface area contributed by atoms with Crippen molar-refractivity contribution < 1.29 is 14.3 Å². The summed E-state index contributed by atoms with van der Waals surface area (Å²) in [4.78, 5) is 24.4. The molecule has 1 rings (SSSR count). The lowest BCUT2D eigenvalue weighted by molar-refractivity contribution is -0.160. The Morgan fingerprint density at radius 3 is 2.73 bits per heavy atom. The average Bonchev–Trinajstić information content (AvgIpc) is 2.28. The SMILES string of the molecule is CCOC(=O)C(=O)N1CCCC(CC)C1. The fourth-order valence-electron chi connectivity index (χ4n) is 1.90. The van der Waals surface area contributed by atoms with Crippen molar-refractivity contribution in [1.29, 1.82) is 0 Å². The summed E-state index contributed by atoms with van der Waals surface area (Å²) in [6.07, 6.45) is 3.21. The molecule has 1 atom stereocenters. The smallest absolute Gasteiger partial charge is 0.397 e.